The lowest BCUT2D eigenvalue weighted by molar-refractivity contribution is 0.334. The Morgan fingerprint density at radius 1 is 1.08 bits per heavy atom. The van der Waals surface area contributed by atoms with Crippen LogP contribution in [0, 0.1) is 5.82 Å². The molecule has 0 atom stereocenters. The van der Waals surface area contributed by atoms with Gasteiger partial charge in [-0.15, -0.1) is 35.0 Å². The van der Waals surface area contributed by atoms with E-state index in [1.54, 1.807) is 41.4 Å². The molecule has 1 aliphatic rings. The normalized spacial score (nSPS) is 18.6. The highest BCUT2D eigenvalue weighted by atomic mass is 35.5. The molecule has 0 amide bonds. The van der Waals surface area contributed by atoms with E-state index in [-0.39, 0.29) is 42.6 Å². The topological polar surface area (TPSA) is 82.5 Å². The van der Waals surface area contributed by atoms with Gasteiger partial charge in [-0.1, -0.05) is 12.1 Å². The molecule has 1 aromatic carbocycles. The van der Waals surface area contributed by atoms with Gasteiger partial charge in [0.2, 0.25) is 0 Å². The Morgan fingerprint density at radius 3 is 2.48 bits per heavy atom. The molecule has 1 fully saturated rings. The summed E-state index contributed by atoms with van der Waals surface area (Å²) < 4.78 is 16.1. The second-order valence-electron chi connectivity index (χ2n) is 5.69. The first-order valence-electron chi connectivity index (χ1n) is 7.46. The zero-order chi connectivity index (χ0) is 15.8. The van der Waals surface area contributed by atoms with Crippen molar-refractivity contribution in [2.45, 2.75) is 24.8 Å². The molecule has 0 saturated heterocycles. The lowest BCUT2D eigenvalue weighted by atomic mass is 9.80. The molecule has 0 unspecified atom stereocenters. The molecule has 1 aliphatic carbocycles. The predicted molar refractivity (Wildman–Crippen MR) is 96.8 cm³/mol. The molecular formula is C16H17Cl2FN6. The first-order valence-corrected chi connectivity index (χ1v) is 7.46. The summed E-state index contributed by atoms with van der Waals surface area (Å²) in [4.78, 5) is 8.32. The van der Waals surface area contributed by atoms with Gasteiger partial charge >= 0.3 is 0 Å². The molecule has 132 valence electrons. The van der Waals surface area contributed by atoms with Gasteiger partial charge in [-0.3, -0.25) is 9.55 Å². The van der Waals surface area contributed by atoms with Crippen molar-refractivity contribution >= 4 is 24.8 Å². The van der Waals surface area contributed by atoms with Crippen molar-refractivity contribution in [2.75, 3.05) is 0 Å². The summed E-state index contributed by atoms with van der Waals surface area (Å²) in [7, 11) is 0. The minimum Gasteiger partial charge on any atom is -0.328 e. The Morgan fingerprint density at radius 2 is 1.84 bits per heavy atom. The van der Waals surface area contributed by atoms with Gasteiger partial charge in [-0.2, -0.15) is 0 Å². The minimum absolute atomic E-state index is 0. The molecule has 2 N–H and O–H groups in total. The van der Waals surface area contributed by atoms with E-state index in [1.807, 2.05) is 0 Å². The van der Waals surface area contributed by atoms with Gasteiger partial charge in [0.25, 0.3) is 0 Å². The monoisotopic (exact) mass is 382 g/mol. The van der Waals surface area contributed by atoms with Crippen LogP contribution in [0.5, 0.6) is 0 Å². The quantitative estimate of drug-likeness (QED) is 0.752. The Balaban J connectivity index is 0.00000113. The third kappa shape index (κ3) is 3.49. The van der Waals surface area contributed by atoms with Crippen molar-refractivity contribution in [2.24, 2.45) is 5.73 Å². The fourth-order valence-corrected chi connectivity index (χ4v) is 2.88. The van der Waals surface area contributed by atoms with Gasteiger partial charge in [0, 0.05) is 24.4 Å². The molecule has 0 bridgehead atoms. The van der Waals surface area contributed by atoms with Gasteiger partial charge < -0.3 is 5.73 Å². The minimum atomic E-state index is -0.331. The molecule has 1 saturated carbocycles. The maximum atomic E-state index is 14.4. The van der Waals surface area contributed by atoms with E-state index < -0.39 is 0 Å². The van der Waals surface area contributed by atoms with E-state index in [0.717, 1.165) is 18.7 Å². The van der Waals surface area contributed by atoms with Gasteiger partial charge in [0.15, 0.2) is 5.82 Å². The van der Waals surface area contributed by atoms with Crippen LogP contribution in [-0.2, 0) is 0 Å². The zero-order valence-corrected chi connectivity index (χ0v) is 14.8. The van der Waals surface area contributed by atoms with E-state index in [0.29, 0.717) is 17.2 Å². The highest BCUT2D eigenvalue weighted by Crippen LogP contribution is 2.37. The molecule has 4 rings (SSSR count). The maximum Gasteiger partial charge on any atom is 0.188 e. The average molecular weight is 383 g/mol. The Labute approximate surface area is 156 Å². The summed E-state index contributed by atoms with van der Waals surface area (Å²) >= 11 is 0. The Kier molecular flexibility index (Phi) is 6.05. The van der Waals surface area contributed by atoms with Gasteiger partial charge in [0.05, 0.1) is 11.9 Å². The van der Waals surface area contributed by atoms with Crippen LogP contribution in [0.25, 0.3) is 17.2 Å². The fourth-order valence-electron chi connectivity index (χ4n) is 2.88. The summed E-state index contributed by atoms with van der Waals surface area (Å²) in [5, 5.41) is 8.52. The summed E-state index contributed by atoms with van der Waals surface area (Å²) in [6, 6.07) is 6.75. The number of rotatable bonds is 3. The molecule has 6 nitrogen and oxygen atoms in total. The Bertz CT molecular complexity index is 836. The third-order valence-corrected chi connectivity index (χ3v) is 4.11. The van der Waals surface area contributed by atoms with E-state index in [2.05, 4.69) is 20.2 Å². The molecular weight excluding hydrogens is 366 g/mol. The third-order valence-electron chi connectivity index (χ3n) is 4.11. The van der Waals surface area contributed by atoms with Crippen LogP contribution in [0.2, 0.25) is 0 Å². The van der Waals surface area contributed by atoms with Crippen LogP contribution >= 0.6 is 24.8 Å². The smallest absolute Gasteiger partial charge is 0.188 e. The highest BCUT2D eigenvalue weighted by Gasteiger charge is 2.33. The molecule has 2 heterocycles. The van der Waals surface area contributed by atoms with Crippen molar-refractivity contribution in [1.82, 2.24) is 24.7 Å². The number of nitrogens with two attached hydrogens (primary N) is 1. The van der Waals surface area contributed by atoms with E-state index in [1.165, 1.54) is 6.07 Å². The maximum absolute atomic E-state index is 14.4. The van der Waals surface area contributed by atoms with Crippen LogP contribution in [0.15, 0.2) is 42.9 Å². The summed E-state index contributed by atoms with van der Waals surface area (Å²) in [5.41, 5.74) is 6.85. The molecule has 3 aromatic rings. The first kappa shape index (κ1) is 19.2. The lowest BCUT2D eigenvalue weighted by Gasteiger charge is -2.31. The van der Waals surface area contributed by atoms with Crippen LogP contribution in [0.1, 0.15) is 24.6 Å². The van der Waals surface area contributed by atoms with Gasteiger partial charge in [0.1, 0.15) is 17.3 Å². The largest absolute Gasteiger partial charge is 0.328 e. The summed E-state index contributed by atoms with van der Waals surface area (Å²) in [5.74, 6) is 1.06. The van der Waals surface area contributed by atoms with Crippen LogP contribution in [0.3, 0.4) is 0 Å². The van der Waals surface area contributed by atoms with Crippen molar-refractivity contribution in [3.8, 4) is 17.2 Å². The fraction of sp³-hybridized carbons (Fsp3) is 0.250. The molecule has 0 aliphatic heterocycles. The SMILES string of the molecule is Cl.Cl.NC1CC(c2nnc(-c3cnccn3)n2-c2ccccc2F)C1. The number of hydrogen-bond acceptors (Lipinski definition) is 5. The number of hydrogen-bond donors (Lipinski definition) is 1. The molecule has 2 aromatic heterocycles. The lowest BCUT2D eigenvalue weighted by Crippen LogP contribution is -2.36. The van der Waals surface area contributed by atoms with Crippen LogP contribution < -0.4 is 5.73 Å². The van der Waals surface area contributed by atoms with Gasteiger partial charge in [-0.25, -0.2) is 9.37 Å². The number of halogens is 3. The van der Waals surface area contributed by atoms with Gasteiger partial charge in [-0.05, 0) is 25.0 Å². The molecule has 9 heteroatoms. The number of nitrogens with zero attached hydrogens (tertiary/aromatic N) is 5. The van der Waals surface area contributed by atoms with Crippen LogP contribution in [-0.4, -0.2) is 30.8 Å². The number of para-hydroxylation sites is 1. The Hall–Kier alpha value is -2.09. The van der Waals surface area contributed by atoms with Crippen molar-refractivity contribution < 1.29 is 4.39 Å². The average Bonchev–Trinajstić information content (AvgIpc) is 2.97. The molecule has 25 heavy (non-hydrogen) atoms. The summed E-state index contributed by atoms with van der Waals surface area (Å²) in [6.07, 6.45) is 6.41. The second-order valence-corrected chi connectivity index (χ2v) is 5.69. The van der Waals surface area contributed by atoms with E-state index in [9.17, 15) is 4.39 Å². The van der Waals surface area contributed by atoms with E-state index >= 15 is 0 Å². The first-order chi connectivity index (χ1) is 11.2. The van der Waals surface area contributed by atoms with Crippen LogP contribution in [0.4, 0.5) is 4.39 Å². The van der Waals surface area contributed by atoms with Crippen molar-refractivity contribution in [3.63, 3.8) is 0 Å². The van der Waals surface area contributed by atoms with Crippen molar-refractivity contribution in [1.29, 1.82) is 0 Å². The van der Waals surface area contributed by atoms with E-state index in [4.69, 9.17) is 5.73 Å². The highest BCUT2D eigenvalue weighted by molar-refractivity contribution is 5.85. The van der Waals surface area contributed by atoms with Crippen molar-refractivity contribution in [3.05, 3.63) is 54.5 Å². The molecule has 0 spiro atoms. The summed E-state index contributed by atoms with van der Waals surface area (Å²) in [6.45, 7) is 0. The molecule has 0 radical (unpaired) electrons. The number of benzene rings is 1. The standard InChI is InChI=1S/C16H15FN6.2ClH/c17-12-3-1-2-4-14(12)23-15(10-7-11(18)8-10)21-22-16(23)13-9-19-5-6-20-13;;/h1-6,9-11H,7-8,18H2;2*1H. The predicted octanol–water partition coefficient (Wildman–Crippen LogP) is 2.91. The second kappa shape index (κ2) is 7.86. The number of aromatic nitrogens is 5. The zero-order valence-electron chi connectivity index (χ0n) is 13.1.